The molecule has 144 valence electrons. The van der Waals surface area contributed by atoms with Crippen LogP contribution in [0.1, 0.15) is 17.7 Å². The lowest BCUT2D eigenvalue weighted by Gasteiger charge is -2.15. The highest BCUT2D eigenvalue weighted by molar-refractivity contribution is 5.89. The molecule has 7 nitrogen and oxygen atoms in total. The van der Waals surface area contributed by atoms with Gasteiger partial charge in [-0.3, -0.25) is 9.59 Å². The van der Waals surface area contributed by atoms with Crippen molar-refractivity contribution in [3.63, 3.8) is 0 Å². The number of methoxy groups -OCH3 is 2. The fourth-order valence-corrected chi connectivity index (χ4v) is 3.23. The van der Waals surface area contributed by atoms with E-state index >= 15 is 0 Å². The zero-order valence-electron chi connectivity index (χ0n) is 15.6. The van der Waals surface area contributed by atoms with Crippen LogP contribution in [0.2, 0.25) is 0 Å². The number of hydrogen-bond acceptors (Lipinski definition) is 5. The van der Waals surface area contributed by atoms with Crippen molar-refractivity contribution in [3.8, 4) is 11.5 Å². The van der Waals surface area contributed by atoms with Crippen molar-refractivity contribution in [2.24, 2.45) is 5.92 Å². The number of rotatable bonds is 8. The topological polar surface area (TPSA) is 81.0 Å². The van der Waals surface area contributed by atoms with Gasteiger partial charge in [0.05, 0.1) is 32.9 Å². The molecule has 3 rings (SSSR count). The molecule has 1 aliphatic rings. The van der Waals surface area contributed by atoms with E-state index in [1.807, 2.05) is 24.3 Å². The van der Waals surface area contributed by atoms with Gasteiger partial charge in [-0.25, -0.2) is 0 Å². The monoisotopic (exact) mass is 372 g/mol. The van der Waals surface area contributed by atoms with Gasteiger partial charge < -0.3 is 24.1 Å². The number of benzene rings is 1. The minimum atomic E-state index is -0.334. The smallest absolute Gasteiger partial charge is 0.225 e. The van der Waals surface area contributed by atoms with Gasteiger partial charge in [0.2, 0.25) is 11.8 Å². The molecule has 7 heteroatoms. The van der Waals surface area contributed by atoms with Crippen LogP contribution >= 0.6 is 0 Å². The second-order valence-electron chi connectivity index (χ2n) is 6.47. The number of hydrogen-bond donors (Lipinski definition) is 1. The summed E-state index contributed by atoms with van der Waals surface area (Å²) in [6.07, 6.45) is 2.42. The van der Waals surface area contributed by atoms with Crippen LogP contribution < -0.4 is 14.8 Å². The first kappa shape index (κ1) is 18.8. The molecule has 0 aliphatic carbocycles. The molecule has 0 saturated carbocycles. The molecule has 0 spiro atoms. The molecule has 1 N–H and O–H groups in total. The van der Waals surface area contributed by atoms with Gasteiger partial charge in [-0.2, -0.15) is 0 Å². The SMILES string of the molecule is COc1ccc(OC)c(CCNC(=O)C2CC(=O)N(Cc3ccco3)C2)c1. The van der Waals surface area contributed by atoms with E-state index in [2.05, 4.69) is 5.32 Å². The summed E-state index contributed by atoms with van der Waals surface area (Å²) in [7, 11) is 3.22. The van der Waals surface area contributed by atoms with Crippen molar-refractivity contribution < 1.29 is 23.5 Å². The second kappa shape index (κ2) is 8.62. The highest BCUT2D eigenvalue weighted by Crippen LogP contribution is 2.24. The molecule has 1 saturated heterocycles. The Morgan fingerprint density at radius 1 is 1.30 bits per heavy atom. The first-order valence-electron chi connectivity index (χ1n) is 8.89. The van der Waals surface area contributed by atoms with E-state index in [0.717, 1.165) is 22.8 Å². The summed E-state index contributed by atoms with van der Waals surface area (Å²) >= 11 is 0. The molecule has 1 aromatic carbocycles. The predicted molar refractivity (Wildman–Crippen MR) is 98.5 cm³/mol. The lowest BCUT2D eigenvalue weighted by Crippen LogP contribution is -2.34. The van der Waals surface area contributed by atoms with Crippen molar-refractivity contribution >= 4 is 11.8 Å². The van der Waals surface area contributed by atoms with Gasteiger partial charge in [0.25, 0.3) is 0 Å². The molecular weight excluding hydrogens is 348 g/mol. The Bertz CT molecular complexity index is 788. The minimum Gasteiger partial charge on any atom is -0.497 e. The van der Waals surface area contributed by atoms with Gasteiger partial charge in [0.15, 0.2) is 0 Å². The van der Waals surface area contributed by atoms with Crippen LogP contribution in [0.3, 0.4) is 0 Å². The largest absolute Gasteiger partial charge is 0.497 e. The van der Waals surface area contributed by atoms with Gasteiger partial charge in [-0.15, -0.1) is 0 Å². The van der Waals surface area contributed by atoms with Gasteiger partial charge in [-0.05, 0) is 42.3 Å². The average molecular weight is 372 g/mol. The Morgan fingerprint density at radius 3 is 2.85 bits per heavy atom. The number of carbonyl (C=O) groups is 2. The van der Waals surface area contributed by atoms with Crippen LogP contribution in [0.15, 0.2) is 41.0 Å². The molecule has 2 aromatic rings. The first-order valence-corrected chi connectivity index (χ1v) is 8.89. The lowest BCUT2D eigenvalue weighted by atomic mass is 10.1. The van der Waals surface area contributed by atoms with Crippen molar-refractivity contribution in [3.05, 3.63) is 47.9 Å². The molecule has 2 amide bonds. The number of amides is 2. The molecule has 1 fully saturated rings. The summed E-state index contributed by atoms with van der Waals surface area (Å²) in [5.74, 6) is 1.75. The Morgan fingerprint density at radius 2 is 2.15 bits per heavy atom. The van der Waals surface area contributed by atoms with Gasteiger partial charge in [0.1, 0.15) is 17.3 Å². The van der Waals surface area contributed by atoms with E-state index in [0.29, 0.717) is 26.1 Å². The van der Waals surface area contributed by atoms with Gasteiger partial charge in [0, 0.05) is 19.5 Å². The minimum absolute atomic E-state index is 0.0268. The molecule has 2 heterocycles. The van der Waals surface area contributed by atoms with E-state index in [1.165, 1.54) is 0 Å². The quantitative estimate of drug-likeness (QED) is 0.767. The third kappa shape index (κ3) is 4.61. The second-order valence-corrected chi connectivity index (χ2v) is 6.47. The predicted octanol–water partition coefficient (Wildman–Crippen LogP) is 2.00. The lowest BCUT2D eigenvalue weighted by molar-refractivity contribution is -0.129. The Balaban J connectivity index is 1.50. The highest BCUT2D eigenvalue weighted by atomic mass is 16.5. The maximum Gasteiger partial charge on any atom is 0.225 e. The Labute approximate surface area is 158 Å². The number of nitrogens with one attached hydrogen (secondary N) is 1. The molecule has 1 unspecified atom stereocenters. The first-order chi connectivity index (χ1) is 13.1. The number of ether oxygens (including phenoxy) is 2. The number of likely N-dealkylation sites (tertiary alicyclic amines) is 1. The number of carbonyl (C=O) groups excluding carboxylic acids is 2. The van der Waals surface area contributed by atoms with Crippen molar-refractivity contribution in [2.75, 3.05) is 27.3 Å². The van der Waals surface area contributed by atoms with Crippen molar-refractivity contribution in [2.45, 2.75) is 19.4 Å². The average Bonchev–Trinajstić information content (AvgIpc) is 3.32. The van der Waals surface area contributed by atoms with Crippen LogP contribution in [0, 0.1) is 5.92 Å². The third-order valence-electron chi connectivity index (χ3n) is 4.69. The van der Waals surface area contributed by atoms with Crippen LogP contribution in [0.5, 0.6) is 11.5 Å². The van der Waals surface area contributed by atoms with Crippen LogP contribution in [0.25, 0.3) is 0 Å². The van der Waals surface area contributed by atoms with Crippen LogP contribution in [-0.4, -0.2) is 44.0 Å². The molecule has 0 radical (unpaired) electrons. The van der Waals surface area contributed by atoms with E-state index < -0.39 is 0 Å². The van der Waals surface area contributed by atoms with Gasteiger partial charge >= 0.3 is 0 Å². The zero-order valence-corrected chi connectivity index (χ0v) is 15.6. The Kier molecular flexibility index (Phi) is 6.01. The van der Waals surface area contributed by atoms with Crippen molar-refractivity contribution in [1.82, 2.24) is 10.2 Å². The molecular formula is C20H24N2O5. The molecule has 1 aromatic heterocycles. The Hall–Kier alpha value is -2.96. The fraction of sp³-hybridized carbons (Fsp3) is 0.400. The van der Waals surface area contributed by atoms with E-state index in [9.17, 15) is 9.59 Å². The summed E-state index contributed by atoms with van der Waals surface area (Å²) in [6.45, 7) is 1.27. The summed E-state index contributed by atoms with van der Waals surface area (Å²) in [4.78, 5) is 26.2. The fourth-order valence-electron chi connectivity index (χ4n) is 3.23. The number of nitrogens with zero attached hydrogens (tertiary/aromatic N) is 1. The van der Waals surface area contributed by atoms with E-state index in [1.54, 1.807) is 31.4 Å². The molecule has 27 heavy (non-hydrogen) atoms. The summed E-state index contributed by atoms with van der Waals surface area (Å²) < 4.78 is 15.9. The molecule has 1 aliphatic heterocycles. The molecule has 1 atom stereocenters. The standard InChI is InChI=1S/C20H24N2O5/c1-25-16-5-6-18(26-2)14(10-16)7-8-21-20(24)15-11-19(23)22(12-15)13-17-4-3-9-27-17/h3-6,9-10,15H,7-8,11-13H2,1-2H3,(H,21,24). The maximum absolute atomic E-state index is 12.4. The van der Waals surface area contributed by atoms with E-state index in [4.69, 9.17) is 13.9 Å². The summed E-state index contributed by atoms with van der Waals surface area (Å²) in [5.41, 5.74) is 0.957. The summed E-state index contributed by atoms with van der Waals surface area (Å²) in [5, 5.41) is 2.92. The normalized spacial score (nSPS) is 16.4. The highest BCUT2D eigenvalue weighted by Gasteiger charge is 2.34. The zero-order chi connectivity index (χ0) is 19.2. The molecule has 0 bridgehead atoms. The van der Waals surface area contributed by atoms with E-state index in [-0.39, 0.29) is 24.2 Å². The summed E-state index contributed by atoms with van der Waals surface area (Å²) in [6, 6.07) is 9.18. The third-order valence-corrected chi connectivity index (χ3v) is 4.69. The maximum atomic E-state index is 12.4. The van der Waals surface area contributed by atoms with Crippen LogP contribution in [-0.2, 0) is 22.6 Å². The number of furan rings is 1. The van der Waals surface area contributed by atoms with Crippen LogP contribution in [0.4, 0.5) is 0 Å². The van der Waals surface area contributed by atoms with Gasteiger partial charge in [-0.1, -0.05) is 0 Å². The van der Waals surface area contributed by atoms with Crippen molar-refractivity contribution in [1.29, 1.82) is 0 Å².